The number of nitrogens with one attached hydrogen (secondary N) is 3. The van der Waals surface area contributed by atoms with Crippen LogP contribution in [0.4, 0.5) is 10.5 Å². The monoisotopic (exact) mass is 329 g/mol. The number of rotatable bonds is 0. The molecule has 8 heteroatoms. The predicted octanol–water partition coefficient (Wildman–Crippen LogP) is 1.09. The van der Waals surface area contributed by atoms with E-state index in [1.165, 1.54) is 0 Å². The Bertz CT molecular complexity index is 633. The van der Waals surface area contributed by atoms with Crippen LogP contribution in [0.3, 0.4) is 0 Å². The number of amides is 4. The second kappa shape index (κ2) is 3.46. The summed E-state index contributed by atoms with van der Waals surface area (Å²) in [4.78, 5) is 35.2. The van der Waals surface area contributed by atoms with Gasteiger partial charge in [-0.15, -0.1) is 0 Å². The highest BCUT2D eigenvalue weighted by atomic mass is 79.9. The topological polar surface area (TPSA) is 87.3 Å². The van der Waals surface area contributed by atoms with Gasteiger partial charge in [-0.1, -0.05) is 27.5 Å². The van der Waals surface area contributed by atoms with Gasteiger partial charge >= 0.3 is 6.03 Å². The van der Waals surface area contributed by atoms with Gasteiger partial charge in [-0.2, -0.15) is 0 Å². The SMILES string of the molecule is O=C1NC(=O)C2(N1)C(=O)Nc1c(Cl)cc(Br)cc12. The van der Waals surface area contributed by atoms with E-state index in [1.807, 2.05) is 0 Å². The number of anilines is 1. The Kier molecular flexibility index (Phi) is 2.21. The van der Waals surface area contributed by atoms with Crippen molar-refractivity contribution in [2.75, 3.05) is 5.32 Å². The second-order valence-electron chi connectivity index (χ2n) is 3.92. The quantitative estimate of drug-likeness (QED) is 0.491. The number of hydrogen-bond acceptors (Lipinski definition) is 3. The Morgan fingerprint density at radius 3 is 2.39 bits per heavy atom. The average Bonchev–Trinajstić information content (AvgIpc) is 2.71. The van der Waals surface area contributed by atoms with Crippen molar-refractivity contribution < 1.29 is 14.4 Å². The number of halogens is 2. The molecule has 4 amide bonds. The summed E-state index contributed by atoms with van der Waals surface area (Å²) in [6.45, 7) is 0. The maximum atomic E-state index is 12.0. The van der Waals surface area contributed by atoms with Gasteiger partial charge in [-0.25, -0.2) is 4.79 Å². The third kappa shape index (κ3) is 1.25. The number of carbonyl (C=O) groups excluding carboxylic acids is 3. The van der Waals surface area contributed by atoms with Crippen molar-refractivity contribution in [2.45, 2.75) is 5.54 Å². The maximum Gasteiger partial charge on any atom is 0.323 e. The van der Waals surface area contributed by atoms with Crippen molar-refractivity contribution in [1.29, 1.82) is 0 Å². The molecule has 0 bridgehead atoms. The molecule has 1 saturated heterocycles. The summed E-state index contributed by atoms with van der Waals surface area (Å²) >= 11 is 9.23. The summed E-state index contributed by atoms with van der Waals surface area (Å²) in [7, 11) is 0. The largest absolute Gasteiger partial charge is 0.323 e. The smallest absolute Gasteiger partial charge is 0.322 e. The zero-order valence-electron chi connectivity index (χ0n) is 8.64. The van der Waals surface area contributed by atoms with Crippen molar-refractivity contribution >= 4 is 51.1 Å². The van der Waals surface area contributed by atoms with E-state index in [2.05, 4.69) is 31.9 Å². The lowest BCUT2D eigenvalue weighted by Crippen LogP contribution is -2.49. The van der Waals surface area contributed by atoms with Crippen LogP contribution in [0.2, 0.25) is 5.02 Å². The van der Waals surface area contributed by atoms with Gasteiger partial charge in [-0.3, -0.25) is 14.9 Å². The normalized spacial score (nSPS) is 24.9. The van der Waals surface area contributed by atoms with Gasteiger partial charge in [0.2, 0.25) is 5.54 Å². The van der Waals surface area contributed by atoms with Crippen molar-refractivity contribution in [3.05, 3.63) is 27.2 Å². The molecule has 1 aromatic rings. The first-order valence-electron chi connectivity index (χ1n) is 4.90. The van der Waals surface area contributed by atoms with Gasteiger partial charge in [-0.05, 0) is 12.1 Å². The molecule has 18 heavy (non-hydrogen) atoms. The minimum Gasteiger partial charge on any atom is -0.322 e. The fourth-order valence-electron chi connectivity index (χ4n) is 2.13. The molecule has 2 aliphatic heterocycles. The van der Waals surface area contributed by atoms with E-state index >= 15 is 0 Å². The van der Waals surface area contributed by atoms with Crippen LogP contribution in [-0.4, -0.2) is 17.8 Å². The first kappa shape index (κ1) is 11.5. The molecule has 0 saturated carbocycles. The van der Waals surface area contributed by atoms with E-state index in [0.29, 0.717) is 20.7 Å². The van der Waals surface area contributed by atoms with Crippen LogP contribution >= 0.6 is 27.5 Å². The molecule has 6 nitrogen and oxygen atoms in total. The lowest BCUT2D eigenvalue weighted by molar-refractivity contribution is -0.132. The minimum absolute atomic E-state index is 0.290. The van der Waals surface area contributed by atoms with Crippen LogP contribution in [0, 0.1) is 0 Å². The van der Waals surface area contributed by atoms with Crippen molar-refractivity contribution in [2.24, 2.45) is 0 Å². The Morgan fingerprint density at radius 1 is 1.11 bits per heavy atom. The molecular weight excluding hydrogens is 325 g/mol. The number of fused-ring (bicyclic) bond motifs is 2. The van der Waals surface area contributed by atoms with Gasteiger partial charge in [0.05, 0.1) is 10.7 Å². The number of benzene rings is 1. The van der Waals surface area contributed by atoms with Crippen LogP contribution in [-0.2, 0) is 15.1 Å². The average molecular weight is 331 g/mol. The van der Waals surface area contributed by atoms with Gasteiger partial charge in [0.1, 0.15) is 0 Å². The fraction of sp³-hybridized carbons (Fsp3) is 0.100. The molecule has 1 spiro atoms. The second-order valence-corrected chi connectivity index (χ2v) is 5.25. The van der Waals surface area contributed by atoms with Crippen LogP contribution in [0.5, 0.6) is 0 Å². The summed E-state index contributed by atoms with van der Waals surface area (Å²) < 4.78 is 0.607. The van der Waals surface area contributed by atoms with E-state index in [0.717, 1.165) is 0 Å². The summed E-state index contributed by atoms with van der Waals surface area (Å²) in [5.41, 5.74) is -1.06. The Balaban J connectivity index is 2.30. The molecule has 2 heterocycles. The molecule has 3 N–H and O–H groups in total. The van der Waals surface area contributed by atoms with E-state index in [4.69, 9.17) is 11.6 Å². The Hall–Kier alpha value is -1.60. The summed E-state index contributed by atoms with van der Waals surface area (Å²) in [6.07, 6.45) is 0. The van der Waals surface area contributed by atoms with Crippen LogP contribution in [0.15, 0.2) is 16.6 Å². The molecule has 1 atom stereocenters. The minimum atomic E-state index is -1.72. The molecular formula is C10H5BrClN3O3. The van der Waals surface area contributed by atoms with Crippen LogP contribution in [0.25, 0.3) is 0 Å². The highest BCUT2D eigenvalue weighted by molar-refractivity contribution is 9.10. The maximum absolute atomic E-state index is 12.0. The summed E-state index contributed by atoms with van der Waals surface area (Å²) in [6, 6.07) is 2.46. The number of hydrogen-bond donors (Lipinski definition) is 3. The third-order valence-corrected chi connectivity index (χ3v) is 3.66. The van der Waals surface area contributed by atoms with E-state index in [1.54, 1.807) is 12.1 Å². The molecule has 1 fully saturated rings. The lowest BCUT2D eigenvalue weighted by Gasteiger charge is -2.17. The van der Waals surface area contributed by atoms with E-state index in [9.17, 15) is 14.4 Å². The molecule has 1 unspecified atom stereocenters. The zero-order chi connectivity index (χ0) is 13.1. The molecule has 1 aromatic carbocycles. The Labute approximate surface area is 114 Å². The summed E-state index contributed by atoms with van der Waals surface area (Å²) in [5, 5.41) is 7.20. The van der Waals surface area contributed by atoms with Gasteiger partial charge in [0.15, 0.2) is 0 Å². The van der Waals surface area contributed by atoms with Crippen LogP contribution in [0.1, 0.15) is 5.56 Å². The zero-order valence-corrected chi connectivity index (χ0v) is 11.0. The van der Waals surface area contributed by atoms with Gasteiger partial charge in [0, 0.05) is 10.0 Å². The first-order chi connectivity index (χ1) is 8.45. The molecule has 0 radical (unpaired) electrons. The standard InChI is InChI=1S/C10H5BrClN3O3/c11-3-1-4-6(5(12)2-3)13-7(16)10(4)8(17)14-9(18)15-10/h1-2H,(H,13,16)(H2,14,15,17,18). The molecule has 92 valence electrons. The molecule has 0 aromatic heterocycles. The van der Waals surface area contributed by atoms with E-state index in [-0.39, 0.29) is 0 Å². The number of carbonyl (C=O) groups is 3. The fourth-order valence-corrected chi connectivity index (χ4v) is 2.99. The molecule has 2 aliphatic rings. The van der Waals surface area contributed by atoms with Crippen molar-refractivity contribution in [1.82, 2.24) is 10.6 Å². The number of imide groups is 1. The predicted molar refractivity (Wildman–Crippen MR) is 66.1 cm³/mol. The van der Waals surface area contributed by atoms with Crippen molar-refractivity contribution in [3.63, 3.8) is 0 Å². The van der Waals surface area contributed by atoms with Gasteiger partial charge < -0.3 is 10.6 Å². The molecule has 3 rings (SSSR count). The van der Waals surface area contributed by atoms with Crippen molar-refractivity contribution in [3.8, 4) is 0 Å². The van der Waals surface area contributed by atoms with E-state index < -0.39 is 23.4 Å². The highest BCUT2D eigenvalue weighted by Crippen LogP contribution is 2.43. The Morgan fingerprint density at radius 2 is 1.78 bits per heavy atom. The number of urea groups is 1. The lowest BCUT2D eigenvalue weighted by atomic mass is 9.91. The molecule has 0 aliphatic carbocycles. The highest BCUT2D eigenvalue weighted by Gasteiger charge is 2.59. The third-order valence-electron chi connectivity index (χ3n) is 2.91. The first-order valence-corrected chi connectivity index (χ1v) is 6.07. The summed E-state index contributed by atoms with van der Waals surface area (Å²) in [5.74, 6) is -1.33. The van der Waals surface area contributed by atoms with Gasteiger partial charge in [0.25, 0.3) is 11.8 Å². The van der Waals surface area contributed by atoms with Crippen LogP contribution < -0.4 is 16.0 Å².